The van der Waals surface area contributed by atoms with Crippen molar-refractivity contribution in [2.45, 2.75) is 26.3 Å². The number of benzene rings is 1. The number of nitrogens with one attached hydrogen (secondary N) is 1. The minimum absolute atomic E-state index is 0.250. The van der Waals surface area contributed by atoms with Gasteiger partial charge in [-0.15, -0.1) is 0 Å². The van der Waals surface area contributed by atoms with Crippen LogP contribution in [0.5, 0.6) is 0 Å². The number of hydrogen-bond acceptors (Lipinski definition) is 3. The van der Waals surface area contributed by atoms with E-state index in [1.54, 1.807) is 19.1 Å². The smallest absolute Gasteiger partial charge is 0.328 e. The second kappa shape index (κ2) is 6.03. The van der Waals surface area contributed by atoms with E-state index in [0.29, 0.717) is 5.56 Å². The number of rotatable bonds is 4. The van der Waals surface area contributed by atoms with Crippen LogP contribution < -0.4 is 5.32 Å². The van der Waals surface area contributed by atoms with Gasteiger partial charge < -0.3 is 10.1 Å². The highest BCUT2D eigenvalue weighted by molar-refractivity contribution is 5.97. The monoisotopic (exact) mass is 235 g/mol. The Morgan fingerprint density at radius 3 is 2.59 bits per heavy atom. The summed E-state index contributed by atoms with van der Waals surface area (Å²) in [5.74, 6) is -0.701. The number of methoxy groups -OCH3 is 1. The molecule has 92 valence electrons. The number of amides is 1. The molecule has 0 aliphatic carbocycles. The van der Waals surface area contributed by atoms with Gasteiger partial charge in [0, 0.05) is 5.56 Å². The molecular formula is C13H17NO3. The Hall–Kier alpha value is -1.84. The third kappa shape index (κ3) is 3.31. The van der Waals surface area contributed by atoms with Crippen LogP contribution in [-0.2, 0) is 16.0 Å². The summed E-state index contributed by atoms with van der Waals surface area (Å²) in [6.45, 7) is 3.58. The molecule has 0 fully saturated rings. The van der Waals surface area contributed by atoms with Crippen LogP contribution in [0.3, 0.4) is 0 Å². The molecule has 0 aliphatic rings. The summed E-state index contributed by atoms with van der Waals surface area (Å²) >= 11 is 0. The van der Waals surface area contributed by atoms with Crippen molar-refractivity contribution < 1.29 is 14.3 Å². The second-order valence-electron chi connectivity index (χ2n) is 3.73. The molecule has 0 bridgehead atoms. The molecule has 4 heteroatoms. The molecule has 1 amide bonds. The van der Waals surface area contributed by atoms with E-state index in [1.165, 1.54) is 7.11 Å². The zero-order chi connectivity index (χ0) is 12.8. The fourth-order valence-corrected chi connectivity index (χ4v) is 1.56. The van der Waals surface area contributed by atoms with Crippen molar-refractivity contribution in [3.05, 3.63) is 35.4 Å². The fourth-order valence-electron chi connectivity index (χ4n) is 1.56. The number of carbonyl (C=O) groups is 2. The highest BCUT2D eigenvalue weighted by Crippen LogP contribution is 2.09. The predicted molar refractivity (Wildman–Crippen MR) is 64.8 cm³/mol. The molecule has 0 saturated heterocycles. The first kappa shape index (κ1) is 13.2. The molecule has 1 rings (SSSR count). The van der Waals surface area contributed by atoms with E-state index >= 15 is 0 Å². The van der Waals surface area contributed by atoms with Gasteiger partial charge in [0.05, 0.1) is 7.11 Å². The van der Waals surface area contributed by atoms with E-state index in [9.17, 15) is 9.59 Å². The summed E-state index contributed by atoms with van der Waals surface area (Å²) in [7, 11) is 1.30. The summed E-state index contributed by atoms with van der Waals surface area (Å²) in [6, 6.07) is 6.70. The molecular weight excluding hydrogens is 218 g/mol. The maximum Gasteiger partial charge on any atom is 0.328 e. The molecule has 4 nitrogen and oxygen atoms in total. The molecule has 1 aromatic carbocycles. The van der Waals surface area contributed by atoms with Crippen molar-refractivity contribution in [1.82, 2.24) is 5.32 Å². The SMILES string of the molecule is CCc1ccccc1C(=O)NC(C)C(=O)OC. The van der Waals surface area contributed by atoms with Gasteiger partial charge >= 0.3 is 5.97 Å². The molecule has 1 aromatic rings. The third-order valence-electron chi connectivity index (χ3n) is 2.55. The lowest BCUT2D eigenvalue weighted by Gasteiger charge is -2.13. The lowest BCUT2D eigenvalue weighted by atomic mass is 10.0. The first-order valence-corrected chi connectivity index (χ1v) is 5.56. The number of hydrogen-bond donors (Lipinski definition) is 1. The van der Waals surface area contributed by atoms with Gasteiger partial charge in [-0.25, -0.2) is 4.79 Å². The van der Waals surface area contributed by atoms with E-state index in [2.05, 4.69) is 10.1 Å². The molecule has 1 atom stereocenters. The van der Waals surface area contributed by atoms with Crippen molar-refractivity contribution in [3.63, 3.8) is 0 Å². The normalized spacial score (nSPS) is 11.7. The Labute approximate surface area is 101 Å². The zero-order valence-electron chi connectivity index (χ0n) is 10.3. The predicted octanol–water partition coefficient (Wildman–Crippen LogP) is 1.54. The van der Waals surface area contributed by atoms with Crippen molar-refractivity contribution >= 4 is 11.9 Å². The molecule has 1 N–H and O–H groups in total. The average Bonchev–Trinajstić information content (AvgIpc) is 2.37. The van der Waals surface area contributed by atoms with Crippen LogP contribution in [-0.4, -0.2) is 25.0 Å². The van der Waals surface area contributed by atoms with Crippen LogP contribution >= 0.6 is 0 Å². The molecule has 1 unspecified atom stereocenters. The highest BCUT2D eigenvalue weighted by atomic mass is 16.5. The quantitative estimate of drug-likeness (QED) is 0.805. The van der Waals surface area contributed by atoms with Gasteiger partial charge in [0.15, 0.2) is 0 Å². The summed E-state index contributed by atoms with van der Waals surface area (Å²) in [5.41, 5.74) is 1.56. The van der Waals surface area contributed by atoms with E-state index in [-0.39, 0.29) is 5.91 Å². The molecule has 17 heavy (non-hydrogen) atoms. The van der Waals surface area contributed by atoms with Crippen LogP contribution in [0.15, 0.2) is 24.3 Å². The van der Waals surface area contributed by atoms with Crippen molar-refractivity contribution in [2.75, 3.05) is 7.11 Å². The minimum Gasteiger partial charge on any atom is -0.467 e. The molecule has 0 aliphatic heterocycles. The summed E-state index contributed by atoms with van der Waals surface area (Å²) in [4.78, 5) is 23.1. The Kier molecular flexibility index (Phi) is 4.69. The van der Waals surface area contributed by atoms with Gasteiger partial charge in [0.1, 0.15) is 6.04 Å². The number of esters is 1. The van der Waals surface area contributed by atoms with E-state index in [1.807, 2.05) is 19.1 Å². The zero-order valence-corrected chi connectivity index (χ0v) is 10.3. The minimum atomic E-state index is -0.641. The van der Waals surface area contributed by atoms with Crippen LogP contribution in [0.25, 0.3) is 0 Å². The third-order valence-corrected chi connectivity index (χ3v) is 2.55. The lowest BCUT2D eigenvalue weighted by Crippen LogP contribution is -2.39. The molecule has 0 radical (unpaired) electrons. The Bertz CT molecular complexity index is 415. The molecule has 0 saturated carbocycles. The standard InChI is InChI=1S/C13H17NO3/c1-4-10-7-5-6-8-11(10)12(15)14-9(2)13(16)17-3/h5-9H,4H2,1-3H3,(H,14,15). The number of carbonyl (C=O) groups excluding carboxylic acids is 2. The Morgan fingerprint density at radius 1 is 1.35 bits per heavy atom. The van der Waals surface area contributed by atoms with E-state index in [0.717, 1.165) is 12.0 Å². The number of ether oxygens (including phenoxy) is 1. The average molecular weight is 235 g/mol. The van der Waals surface area contributed by atoms with E-state index < -0.39 is 12.0 Å². The van der Waals surface area contributed by atoms with Gasteiger partial charge in [0.25, 0.3) is 5.91 Å². The highest BCUT2D eigenvalue weighted by Gasteiger charge is 2.17. The lowest BCUT2D eigenvalue weighted by molar-refractivity contribution is -0.142. The van der Waals surface area contributed by atoms with Crippen molar-refractivity contribution in [2.24, 2.45) is 0 Å². The van der Waals surface area contributed by atoms with E-state index in [4.69, 9.17) is 0 Å². The maximum absolute atomic E-state index is 11.9. The Balaban J connectivity index is 2.79. The molecule has 0 heterocycles. The number of aryl methyl sites for hydroxylation is 1. The Morgan fingerprint density at radius 2 is 2.00 bits per heavy atom. The van der Waals surface area contributed by atoms with Gasteiger partial charge in [-0.05, 0) is 25.0 Å². The van der Waals surface area contributed by atoms with Crippen LogP contribution in [0.2, 0.25) is 0 Å². The maximum atomic E-state index is 11.9. The van der Waals surface area contributed by atoms with Gasteiger partial charge in [-0.3, -0.25) is 4.79 Å². The first-order chi connectivity index (χ1) is 8.10. The van der Waals surface area contributed by atoms with Gasteiger partial charge in [0.2, 0.25) is 0 Å². The van der Waals surface area contributed by atoms with Gasteiger partial charge in [-0.2, -0.15) is 0 Å². The molecule has 0 spiro atoms. The van der Waals surface area contributed by atoms with Crippen LogP contribution in [0, 0.1) is 0 Å². The van der Waals surface area contributed by atoms with Gasteiger partial charge in [-0.1, -0.05) is 25.1 Å². The second-order valence-corrected chi connectivity index (χ2v) is 3.73. The molecule has 0 aromatic heterocycles. The largest absolute Gasteiger partial charge is 0.467 e. The van der Waals surface area contributed by atoms with Crippen LogP contribution in [0.1, 0.15) is 29.8 Å². The van der Waals surface area contributed by atoms with Crippen molar-refractivity contribution in [3.8, 4) is 0 Å². The summed E-state index contributed by atoms with van der Waals surface area (Å²) in [5, 5.41) is 2.61. The van der Waals surface area contributed by atoms with Crippen LogP contribution in [0.4, 0.5) is 0 Å². The topological polar surface area (TPSA) is 55.4 Å². The first-order valence-electron chi connectivity index (χ1n) is 5.56. The van der Waals surface area contributed by atoms with Crippen molar-refractivity contribution in [1.29, 1.82) is 0 Å². The summed E-state index contributed by atoms with van der Waals surface area (Å²) < 4.78 is 4.55. The summed E-state index contributed by atoms with van der Waals surface area (Å²) in [6.07, 6.45) is 0.774. The fraction of sp³-hybridized carbons (Fsp3) is 0.385.